The van der Waals surface area contributed by atoms with Crippen LogP contribution in [0.2, 0.25) is 0 Å². The molecule has 0 unspecified atom stereocenters. The molecule has 1 aliphatic carbocycles. The van der Waals surface area contributed by atoms with Crippen LogP contribution < -0.4 is 10.1 Å². The van der Waals surface area contributed by atoms with Gasteiger partial charge < -0.3 is 19.7 Å². The summed E-state index contributed by atoms with van der Waals surface area (Å²) in [5.41, 5.74) is 0.932. The first kappa shape index (κ1) is 26.2. The molecular weight excluding hydrogens is 456 g/mol. The van der Waals surface area contributed by atoms with Gasteiger partial charge in [-0.2, -0.15) is 5.10 Å². The smallest absolute Gasteiger partial charge is 0.273 e. The summed E-state index contributed by atoms with van der Waals surface area (Å²) in [7, 11) is 1.61. The van der Waals surface area contributed by atoms with Crippen LogP contribution in [0.4, 0.5) is 0 Å². The van der Waals surface area contributed by atoms with Crippen molar-refractivity contribution in [3.8, 4) is 17.0 Å². The Bertz CT molecular complexity index is 1040. The average Bonchev–Trinajstić information content (AvgIpc) is 3.12. The van der Waals surface area contributed by atoms with Crippen LogP contribution >= 0.6 is 0 Å². The van der Waals surface area contributed by atoms with Gasteiger partial charge in [0.15, 0.2) is 0 Å². The molecule has 1 aromatic carbocycles. The minimum atomic E-state index is -1.06. The van der Waals surface area contributed by atoms with Crippen molar-refractivity contribution in [2.45, 2.75) is 83.3 Å². The van der Waals surface area contributed by atoms with Crippen molar-refractivity contribution in [3.05, 3.63) is 36.0 Å². The molecule has 4 rings (SSSR count). The van der Waals surface area contributed by atoms with Crippen LogP contribution in [0.15, 0.2) is 30.3 Å². The SMILES string of the molecule is CCCCOc1ccccc1-c1cc2n(n1)C[C@@](C)(C(=O)NC1CCCCCC1)N(CCOC)C2=O. The van der Waals surface area contributed by atoms with Gasteiger partial charge in [0.05, 0.1) is 25.5 Å². The second-order valence-electron chi connectivity index (χ2n) is 10.2. The van der Waals surface area contributed by atoms with Crippen molar-refractivity contribution in [3.63, 3.8) is 0 Å². The van der Waals surface area contributed by atoms with Gasteiger partial charge in [-0.15, -0.1) is 0 Å². The monoisotopic (exact) mass is 496 g/mol. The number of rotatable bonds is 10. The van der Waals surface area contributed by atoms with Gasteiger partial charge in [0.2, 0.25) is 5.91 Å². The number of amides is 2. The maximum absolute atomic E-state index is 13.7. The molecule has 1 aromatic heterocycles. The second kappa shape index (κ2) is 11.9. The quantitative estimate of drug-likeness (QED) is 0.389. The average molecular weight is 497 g/mol. The van der Waals surface area contributed by atoms with Crippen molar-refractivity contribution in [2.24, 2.45) is 0 Å². The van der Waals surface area contributed by atoms with Crippen molar-refractivity contribution in [2.75, 3.05) is 26.9 Å². The largest absolute Gasteiger partial charge is 0.493 e. The van der Waals surface area contributed by atoms with E-state index in [1.807, 2.05) is 37.3 Å². The third-order valence-corrected chi connectivity index (χ3v) is 7.41. The van der Waals surface area contributed by atoms with E-state index in [4.69, 9.17) is 14.6 Å². The molecule has 8 heteroatoms. The van der Waals surface area contributed by atoms with Gasteiger partial charge in [-0.1, -0.05) is 51.2 Å². The Kier molecular flexibility index (Phi) is 8.67. The minimum Gasteiger partial charge on any atom is -0.493 e. The molecule has 2 aliphatic rings. The summed E-state index contributed by atoms with van der Waals surface area (Å²) in [6, 6.07) is 9.73. The topological polar surface area (TPSA) is 85.7 Å². The van der Waals surface area contributed by atoms with Gasteiger partial charge in [0.1, 0.15) is 17.0 Å². The third kappa shape index (κ3) is 5.59. The molecule has 1 atom stereocenters. The molecule has 1 N–H and O–H groups in total. The van der Waals surface area contributed by atoms with Crippen LogP contribution in [0.25, 0.3) is 11.3 Å². The van der Waals surface area contributed by atoms with Gasteiger partial charge in [-0.3, -0.25) is 14.3 Å². The highest BCUT2D eigenvalue weighted by Gasteiger charge is 2.48. The van der Waals surface area contributed by atoms with Crippen molar-refractivity contribution < 1.29 is 19.1 Å². The standard InChI is InChI=1S/C28H40N4O4/c1-4-5-17-36-25-15-11-10-14-22(25)23-19-24-26(33)31(16-18-35-3)28(2,20-32(24)30-23)27(34)29-21-12-8-6-7-9-13-21/h10-11,14-15,19,21H,4-9,12-13,16-18,20H2,1-3H3,(H,29,34)/t28-/m0/s1. The van der Waals surface area contributed by atoms with E-state index in [2.05, 4.69) is 12.2 Å². The molecule has 2 aromatic rings. The maximum Gasteiger partial charge on any atom is 0.273 e. The summed E-state index contributed by atoms with van der Waals surface area (Å²) in [4.78, 5) is 29.1. The highest BCUT2D eigenvalue weighted by Crippen LogP contribution is 2.34. The van der Waals surface area contributed by atoms with Gasteiger partial charge in [0, 0.05) is 25.3 Å². The third-order valence-electron chi connectivity index (χ3n) is 7.41. The Hall–Kier alpha value is -2.87. The number of hydrogen-bond donors (Lipinski definition) is 1. The fourth-order valence-corrected chi connectivity index (χ4v) is 5.20. The van der Waals surface area contributed by atoms with E-state index in [0.29, 0.717) is 31.1 Å². The lowest BCUT2D eigenvalue weighted by Gasteiger charge is -2.43. The summed E-state index contributed by atoms with van der Waals surface area (Å²) in [6.07, 6.45) is 8.67. The Labute approximate surface area is 214 Å². The molecule has 2 heterocycles. The summed E-state index contributed by atoms with van der Waals surface area (Å²) >= 11 is 0. The van der Waals surface area contributed by atoms with E-state index < -0.39 is 5.54 Å². The lowest BCUT2D eigenvalue weighted by atomic mass is 9.94. The molecule has 1 saturated carbocycles. The number of hydrogen-bond acceptors (Lipinski definition) is 5. The highest BCUT2D eigenvalue weighted by molar-refractivity contribution is 6.00. The second-order valence-corrected chi connectivity index (χ2v) is 10.2. The van der Waals surface area contributed by atoms with Crippen molar-refractivity contribution in [1.82, 2.24) is 20.0 Å². The molecule has 196 valence electrons. The summed E-state index contributed by atoms with van der Waals surface area (Å²) < 4.78 is 13.0. The first-order valence-electron chi connectivity index (χ1n) is 13.4. The number of methoxy groups -OCH3 is 1. The van der Waals surface area contributed by atoms with Gasteiger partial charge in [0.25, 0.3) is 5.91 Å². The lowest BCUT2D eigenvalue weighted by molar-refractivity contribution is -0.134. The molecule has 0 saturated heterocycles. The molecule has 0 bridgehead atoms. The zero-order valence-corrected chi connectivity index (χ0v) is 21.9. The number of carbonyl (C=O) groups excluding carboxylic acids is 2. The van der Waals surface area contributed by atoms with E-state index in [0.717, 1.165) is 49.8 Å². The molecule has 2 amide bonds. The molecule has 36 heavy (non-hydrogen) atoms. The predicted octanol–water partition coefficient (Wildman–Crippen LogP) is 4.43. The minimum absolute atomic E-state index is 0.121. The van der Waals surface area contributed by atoms with E-state index in [9.17, 15) is 9.59 Å². The number of nitrogens with zero attached hydrogens (tertiary/aromatic N) is 3. The summed E-state index contributed by atoms with van der Waals surface area (Å²) in [5, 5.41) is 8.06. The normalized spacial score (nSPS) is 20.6. The molecule has 0 spiro atoms. The molecule has 8 nitrogen and oxygen atoms in total. The zero-order valence-electron chi connectivity index (χ0n) is 21.9. The lowest BCUT2D eigenvalue weighted by Crippen LogP contribution is -2.65. The van der Waals surface area contributed by atoms with E-state index >= 15 is 0 Å². The number of aromatic nitrogens is 2. The summed E-state index contributed by atoms with van der Waals surface area (Å²) in [5.74, 6) is 0.420. The van der Waals surface area contributed by atoms with Crippen LogP contribution in [0.3, 0.4) is 0 Å². The fraction of sp³-hybridized carbons (Fsp3) is 0.607. The van der Waals surface area contributed by atoms with Gasteiger partial charge in [-0.25, -0.2) is 0 Å². The number of unbranched alkanes of at least 4 members (excludes halogenated alkanes) is 1. The number of para-hydroxylation sites is 1. The number of benzene rings is 1. The first-order chi connectivity index (χ1) is 17.5. The summed E-state index contributed by atoms with van der Waals surface area (Å²) in [6.45, 7) is 5.58. The van der Waals surface area contributed by atoms with Crippen LogP contribution in [0.1, 0.15) is 75.7 Å². The Morgan fingerprint density at radius 1 is 1.17 bits per heavy atom. The first-order valence-corrected chi connectivity index (χ1v) is 13.4. The number of carbonyl (C=O) groups is 2. The van der Waals surface area contributed by atoms with Crippen LogP contribution in [0.5, 0.6) is 5.75 Å². The predicted molar refractivity (Wildman–Crippen MR) is 139 cm³/mol. The van der Waals surface area contributed by atoms with Crippen LogP contribution in [-0.2, 0) is 16.1 Å². The van der Waals surface area contributed by atoms with Crippen LogP contribution in [0, 0.1) is 0 Å². The number of ether oxygens (including phenoxy) is 2. The van der Waals surface area contributed by atoms with Crippen molar-refractivity contribution in [1.29, 1.82) is 0 Å². The van der Waals surface area contributed by atoms with Gasteiger partial charge >= 0.3 is 0 Å². The highest BCUT2D eigenvalue weighted by atomic mass is 16.5. The zero-order chi connectivity index (χ0) is 25.5. The fourth-order valence-electron chi connectivity index (χ4n) is 5.20. The molecule has 1 fully saturated rings. The number of nitrogens with one attached hydrogen (secondary N) is 1. The van der Waals surface area contributed by atoms with E-state index in [1.165, 1.54) is 12.8 Å². The Morgan fingerprint density at radius 3 is 2.64 bits per heavy atom. The molecule has 0 radical (unpaired) electrons. The Balaban J connectivity index is 1.63. The van der Waals surface area contributed by atoms with E-state index in [1.54, 1.807) is 16.7 Å². The van der Waals surface area contributed by atoms with Gasteiger partial charge in [-0.05, 0) is 44.4 Å². The Morgan fingerprint density at radius 2 is 1.92 bits per heavy atom. The maximum atomic E-state index is 13.7. The molecular formula is C28H40N4O4. The number of fused-ring (bicyclic) bond motifs is 1. The van der Waals surface area contributed by atoms with Crippen molar-refractivity contribution >= 4 is 11.8 Å². The van der Waals surface area contributed by atoms with Crippen LogP contribution in [-0.4, -0.2) is 64.9 Å². The molecule has 1 aliphatic heterocycles. The van der Waals surface area contributed by atoms with E-state index in [-0.39, 0.29) is 24.4 Å².